The fourth-order valence-electron chi connectivity index (χ4n) is 1.98. The van der Waals surface area contributed by atoms with E-state index in [0.29, 0.717) is 24.5 Å². The van der Waals surface area contributed by atoms with E-state index in [2.05, 4.69) is 20.7 Å². The van der Waals surface area contributed by atoms with Gasteiger partial charge < -0.3 is 10.1 Å². The highest BCUT2D eigenvalue weighted by molar-refractivity contribution is 5.90. The van der Waals surface area contributed by atoms with Crippen LogP contribution in [0.2, 0.25) is 0 Å². The molecule has 0 bridgehead atoms. The lowest BCUT2D eigenvalue weighted by Crippen LogP contribution is -2.27. The van der Waals surface area contributed by atoms with Crippen LogP contribution in [0, 0.1) is 6.92 Å². The Kier molecular flexibility index (Phi) is 5.74. The summed E-state index contributed by atoms with van der Waals surface area (Å²) in [6.45, 7) is 7.79. The zero-order valence-electron chi connectivity index (χ0n) is 14.9. The van der Waals surface area contributed by atoms with Gasteiger partial charge in [-0.25, -0.2) is 9.78 Å². The van der Waals surface area contributed by atoms with Gasteiger partial charge in [-0.2, -0.15) is 5.10 Å². The fourth-order valence-corrected chi connectivity index (χ4v) is 1.98. The standard InChI is InChI=1S/C17H23N5O3/c1-12-9-19-22(11-12)8-7-15(23)20-13-5-6-14(18-10-13)21-16(24)25-17(2,3)4/h5-6,9-11H,7-8H2,1-4H3,(H,20,23)(H,18,21,24). The molecule has 0 spiro atoms. The molecule has 0 saturated heterocycles. The largest absolute Gasteiger partial charge is 0.444 e. The number of anilines is 2. The monoisotopic (exact) mass is 345 g/mol. The van der Waals surface area contributed by atoms with Crippen molar-refractivity contribution in [1.29, 1.82) is 0 Å². The van der Waals surface area contributed by atoms with Crippen LogP contribution in [0.4, 0.5) is 16.3 Å². The van der Waals surface area contributed by atoms with Crippen LogP contribution in [-0.4, -0.2) is 32.4 Å². The molecular weight excluding hydrogens is 322 g/mol. The Morgan fingerprint density at radius 2 is 1.96 bits per heavy atom. The number of aromatic nitrogens is 3. The van der Waals surface area contributed by atoms with E-state index >= 15 is 0 Å². The summed E-state index contributed by atoms with van der Waals surface area (Å²) < 4.78 is 6.87. The van der Waals surface area contributed by atoms with Crippen LogP contribution in [0.15, 0.2) is 30.7 Å². The first-order chi connectivity index (χ1) is 11.7. The minimum atomic E-state index is -0.578. The summed E-state index contributed by atoms with van der Waals surface area (Å²) in [6.07, 6.45) is 4.83. The zero-order valence-corrected chi connectivity index (χ0v) is 14.9. The highest BCUT2D eigenvalue weighted by Gasteiger charge is 2.16. The number of hydrogen-bond donors (Lipinski definition) is 2. The van der Waals surface area contributed by atoms with Gasteiger partial charge >= 0.3 is 6.09 Å². The Labute approximate surface area is 146 Å². The molecule has 0 aromatic carbocycles. The molecule has 134 valence electrons. The van der Waals surface area contributed by atoms with E-state index in [0.717, 1.165) is 5.56 Å². The maximum atomic E-state index is 11.9. The molecule has 0 saturated carbocycles. The van der Waals surface area contributed by atoms with Crippen molar-refractivity contribution in [1.82, 2.24) is 14.8 Å². The molecule has 0 aliphatic carbocycles. The van der Waals surface area contributed by atoms with Crippen molar-refractivity contribution in [2.75, 3.05) is 10.6 Å². The Hall–Kier alpha value is -2.90. The molecular formula is C17H23N5O3. The molecule has 2 heterocycles. The number of nitrogens with zero attached hydrogens (tertiary/aromatic N) is 3. The van der Waals surface area contributed by atoms with Crippen LogP contribution in [0.1, 0.15) is 32.8 Å². The van der Waals surface area contributed by atoms with Crippen LogP contribution in [-0.2, 0) is 16.1 Å². The number of ether oxygens (including phenoxy) is 1. The average Bonchev–Trinajstić information content (AvgIpc) is 2.91. The van der Waals surface area contributed by atoms with Gasteiger partial charge in [-0.05, 0) is 45.4 Å². The Balaban J connectivity index is 1.81. The maximum Gasteiger partial charge on any atom is 0.413 e. The van der Waals surface area contributed by atoms with Crippen LogP contribution >= 0.6 is 0 Å². The smallest absolute Gasteiger partial charge is 0.413 e. The molecule has 0 aliphatic rings. The molecule has 2 aromatic rings. The van der Waals surface area contributed by atoms with Crippen molar-refractivity contribution in [2.24, 2.45) is 0 Å². The van der Waals surface area contributed by atoms with Gasteiger partial charge in [-0.15, -0.1) is 0 Å². The number of nitrogens with one attached hydrogen (secondary N) is 2. The second-order valence-corrected chi connectivity index (χ2v) is 6.64. The molecule has 0 aliphatic heterocycles. The van der Waals surface area contributed by atoms with E-state index in [1.54, 1.807) is 43.8 Å². The van der Waals surface area contributed by atoms with Gasteiger partial charge in [0.15, 0.2) is 0 Å². The molecule has 0 atom stereocenters. The number of aryl methyl sites for hydroxylation is 2. The van der Waals surface area contributed by atoms with Crippen molar-refractivity contribution >= 4 is 23.5 Å². The van der Waals surface area contributed by atoms with E-state index in [4.69, 9.17) is 4.74 Å². The minimum absolute atomic E-state index is 0.136. The first-order valence-electron chi connectivity index (χ1n) is 7.96. The Bertz CT molecular complexity index is 731. The van der Waals surface area contributed by atoms with Gasteiger partial charge in [-0.3, -0.25) is 14.8 Å². The first-order valence-corrected chi connectivity index (χ1v) is 7.96. The molecule has 2 aromatic heterocycles. The van der Waals surface area contributed by atoms with Crippen LogP contribution in [0.3, 0.4) is 0 Å². The molecule has 2 amide bonds. The summed E-state index contributed by atoms with van der Waals surface area (Å²) in [6, 6.07) is 3.26. The number of carbonyl (C=O) groups is 2. The van der Waals surface area contributed by atoms with Crippen molar-refractivity contribution in [2.45, 2.75) is 46.3 Å². The van der Waals surface area contributed by atoms with Gasteiger partial charge in [0, 0.05) is 19.2 Å². The van der Waals surface area contributed by atoms with Gasteiger partial charge in [0.05, 0.1) is 18.1 Å². The Morgan fingerprint density at radius 1 is 1.20 bits per heavy atom. The summed E-state index contributed by atoms with van der Waals surface area (Å²) >= 11 is 0. The molecule has 8 heteroatoms. The SMILES string of the molecule is Cc1cnn(CCC(=O)Nc2ccc(NC(=O)OC(C)(C)C)nc2)c1. The highest BCUT2D eigenvalue weighted by Crippen LogP contribution is 2.13. The quantitative estimate of drug-likeness (QED) is 0.868. The third kappa shape index (κ3) is 6.62. The van der Waals surface area contributed by atoms with Crippen LogP contribution in [0.5, 0.6) is 0 Å². The predicted octanol–water partition coefficient (Wildman–Crippen LogP) is 2.96. The summed E-state index contributed by atoms with van der Waals surface area (Å²) in [5.41, 5.74) is 1.03. The van der Waals surface area contributed by atoms with Crippen molar-refractivity contribution in [3.63, 3.8) is 0 Å². The fraction of sp³-hybridized carbons (Fsp3) is 0.412. The number of carbonyl (C=O) groups excluding carboxylic acids is 2. The lowest BCUT2D eigenvalue weighted by molar-refractivity contribution is -0.116. The summed E-state index contributed by atoms with van der Waals surface area (Å²) in [5.74, 6) is 0.210. The second-order valence-electron chi connectivity index (χ2n) is 6.64. The van der Waals surface area contributed by atoms with E-state index < -0.39 is 11.7 Å². The number of amides is 2. The minimum Gasteiger partial charge on any atom is -0.444 e. The van der Waals surface area contributed by atoms with Gasteiger partial charge in [0.2, 0.25) is 5.91 Å². The third-order valence-electron chi connectivity index (χ3n) is 3.01. The van der Waals surface area contributed by atoms with E-state index in [-0.39, 0.29) is 5.91 Å². The molecule has 0 radical (unpaired) electrons. The predicted molar refractivity (Wildman–Crippen MR) is 94.3 cm³/mol. The lowest BCUT2D eigenvalue weighted by atomic mass is 10.2. The molecule has 2 N–H and O–H groups in total. The summed E-state index contributed by atoms with van der Waals surface area (Å²) in [4.78, 5) is 27.7. The third-order valence-corrected chi connectivity index (χ3v) is 3.01. The topological polar surface area (TPSA) is 98.1 Å². The van der Waals surface area contributed by atoms with Crippen LogP contribution in [0.25, 0.3) is 0 Å². The molecule has 0 fully saturated rings. The Morgan fingerprint density at radius 3 is 2.52 bits per heavy atom. The van der Waals surface area contributed by atoms with Crippen molar-refractivity contribution in [3.05, 3.63) is 36.3 Å². The average molecular weight is 345 g/mol. The van der Waals surface area contributed by atoms with Gasteiger partial charge in [0.1, 0.15) is 11.4 Å². The van der Waals surface area contributed by atoms with E-state index in [9.17, 15) is 9.59 Å². The summed E-state index contributed by atoms with van der Waals surface area (Å²) in [5, 5.41) is 9.41. The first kappa shape index (κ1) is 18.4. The normalized spacial score (nSPS) is 11.0. The second kappa shape index (κ2) is 7.78. The zero-order chi connectivity index (χ0) is 18.4. The highest BCUT2D eigenvalue weighted by atomic mass is 16.6. The number of hydrogen-bond acceptors (Lipinski definition) is 5. The molecule has 25 heavy (non-hydrogen) atoms. The molecule has 2 rings (SSSR count). The van der Waals surface area contributed by atoms with Crippen molar-refractivity contribution in [3.8, 4) is 0 Å². The number of pyridine rings is 1. The van der Waals surface area contributed by atoms with Crippen molar-refractivity contribution < 1.29 is 14.3 Å². The summed E-state index contributed by atoms with van der Waals surface area (Å²) in [7, 11) is 0. The molecule has 0 unspecified atom stereocenters. The number of rotatable bonds is 5. The molecule has 8 nitrogen and oxygen atoms in total. The van der Waals surface area contributed by atoms with Gasteiger partial charge in [-0.1, -0.05) is 0 Å². The van der Waals surface area contributed by atoms with E-state index in [1.165, 1.54) is 6.20 Å². The maximum absolute atomic E-state index is 11.9. The van der Waals surface area contributed by atoms with E-state index in [1.807, 2.05) is 13.1 Å². The van der Waals surface area contributed by atoms with Gasteiger partial charge in [0.25, 0.3) is 0 Å². The lowest BCUT2D eigenvalue weighted by Gasteiger charge is -2.19. The van der Waals surface area contributed by atoms with Crippen LogP contribution < -0.4 is 10.6 Å².